The molecule has 2 aromatic carbocycles. The zero-order valence-electron chi connectivity index (χ0n) is 15.3. The minimum atomic E-state index is -0.949. The van der Waals surface area contributed by atoms with Gasteiger partial charge in [-0.15, -0.1) is 0 Å². The molecule has 0 aliphatic heterocycles. The number of carbonyl (C=O) groups is 2. The molecular weight excluding hydrogens is 350 g/mol. The van der Waals surface area contributed by atoms with Crippen LogP contribution in [0.2, 0.25) is 0 Å². The molecular formula is C19H21N3O5. The van der Waals surface area contributed by atoms with E-state index < -0.39 is 16.9 Å². The van der Waals surface area contributed by atoms with E-state index in [2.05, 4.69) is 10.6 Å². The number of carbonyl (C=O) groups excluding carboxylic acids is 2. The van der Waals surface area contributed by atoms with Gasteiger partial charge in [-0.05, 0) is 51.1 Å². The molecule has 0 spiro atoms. The molecule has 0 fully saturated rings. The lowest BCUT2D eigenvalue weighted by atomic mass is 10.2. The average Bonchev–Trinajstić information content (AvgIpc) is 2.61. The van der Waals surface area contributed by atoms with Crippen molar-refractivity contribution >= 4 is 23.2 Å². The average molecular weight is 371 g/mol. The largest absolute Gasteiger partial charge is 0.474 e. The van der Waals surface area contributed by atoms with Crippen LogP contribution in [0.15, 0.2) is 48.5 Å². The molecule has 1 atom stereocenters. The van der Waals surface area contributed by atoms with Gasteiger partial charge in [0.05, 0.1) is 4.92 Å². The Hall–Kier alpha value is -3.42. The summed E-state index contributed by atoms with van der Waals surface area (Å²) in [6, 6.07) is 12.3. The van der Waals surface area contributed by atoms with Crippen LogP contribution < -0.4 is 15.4 Å². The molecule has 27 heavy (non-hydrogen) atoms. The maximum absolute atomic E-state index is 12.3. The van der Waals surface area contributed by atoms with Gasteiger partial charge in [0.25, 0.3) is 11.8 Å². The van der Waals surface area contributed by atoms with Gasteiger partial charge < -0.3 is 15.4 Å². The number of anilines is 1. The molecule has 2 rings (SSSR count). The second kappa shape index (κ2) is 8.79. The number of nitrogens with zero attached hydrogens (tertiary/aromatic N) is 1. The summed E-state index contributed by atoms with van der Waals surface area (Å²) in [5.74, 6) is -0.644. The smallest absolute Gasteiger partial charge is 0.310 e. The highest BCUT2D eigenvalue weighted by Gasteiger charge is 2.20. The van der Waals surface area contributed by atoms with Crippen molar-refractivity contribution in [2.75, 3.05) is 5.32 Å². The van der Waals surface area contributed by atoms with Crippen LogP contribution in [0.3, 0.4) is 0 Å². The normalized spacial score (nSPS) is 11.6. The monoisotopic (exact) mass is 371 g/mol. The Morgan fingerprint density at radius 2 is 1.67 bits per heavy atom. The molecule has 142 valence electrons. The lowest BCUT2D eigenvalue weighted by molar-refractivity contribution is -0.386. The van der Waals surface area contributed by atoms with Crippen molar-refractivity contribution in [1.82, 2.24) is 5.32 Å². The molecule has 0 aliphatic carbocycles. The molecule has 0 aliphatic rings. The lowest BCUT2D eigenvalue weighted by Gasteiger charge is -2.15. The highest BCUT2D eigenvalue weighted by Crippen LogP contribution is 2.27. The number of hydrogen-bond acceptors (Lipinski definition) is 5. The van der Waals surface area contributed by atoms with E-state index in [1.165, 1.54) is 25.1 Å². The number of nitro groups is 1. The standard InChI is InChI=1S/C19H21N3O5/c1-12(2)20-19(24)14-8-10-15(11-9-14)21-18(23)13(3)27-17-7-5-4-6-16(17)22(25)26/h4-13H,1-3H3,(H,20,24)(H,21,23). The predicted octanol–water partition coefficient (Wildman–Crippen LogP) is 3.14. The van der Waals surface area contributed by atoms with E-state index in [4.69, 9.17) is 4.74 Å². The van der Waals surface area contributed by atoms with E-state index in [0.717, 1.165) is 0 Å². The van der Waals surface area contributed by atoms with Crippen molar-refractivity contribution in [3.8, 4) is 5.75 Å². The lowest BCUT2D eigenvalue weighted by Crippen LogP contribution is -2.31. The van der Waals surface area contributed by atoms with Crippen LogP contribution in [0.25, 0.3) is 0 Å². The third-order valence-electron chi connectivity index (χ3n) is 3.57. The molecule has 0 saturated heterocycles. The maximum atomic E-state index is 12.3. The Kier molecular flexibility index (Phi) is 6.48. The molecule has 0 saturated carbocycles. The molecule has 2 amide bonds. The Morgan fingerprint density at radius 3 is 2.26 bits per heavy atom. The van der Waals surface area contributed by atoms with Gasteiger partial charge in [-0.1, -0.05) is 12.1 Å². The summed E-state index contributed by atoms with van der Waals surface area (Å²) < 4.78 is 5.43. The summed E-state index contributed by atoms with van der Waals surface area (Å²) in [5, 5.41) is 16.4. The number of hydrogen-bond donors (Lipinski definition) is 2. The van der Waals surface area contributed by atoms with Crippen molar-refractivity contribution in [3.05, 3.63) is 64.2 Å². The summed E-state index contributed by atoms with van der Waals surface area (Å²) in [6.07, 6.45) is -0.949. The SMILES string of the molecule is CC(C)NC(=O)c1ccc(NC(=O)C(C)Oc2ccccc2[N+](=O)[O-])cc1. The fraction of sp³-hybridized carbons (Fsp3) is 0.263. The van der Waals surface area contributed by atoms with Crippen molar-refractivity contribution in [3.63, 3.8) is 0 Å². The number of rotatable bonds is 7. The van der Waals surface area contributed by atoms with E-state index >= 15 is 0 Å². The predicted molar refractivity (Wildman–Crippen MR) is 101 cm³/mol. The summed E-state index contributed by atoms with van der Waals surface area (Å²) in [5.41, 5.74) is 0.752. The second-order valence-corrected chi connectivity index (χ2v) is 6.18. The van der Waals surface area contributed by atoms with Crippen LogP contribution in [0, 0.1) is 10.1 Å². The zero-order chi connectivity index (χ0) is 20.0. The van der Waals surface area contributed by atoms with Gasteiger partial charge in [-0.25, -0.2) is 0 Å². The van der Waals surface area contributed by atoms with E-state index in [1.807, 2.05) is 13.8 Å². The highest BCUT2D eigenvalue weighted by atomic mass is 16.6. The first-order valence-electron chi connectivity index (χ1n) is 8.39. The van der Waals surface area contributed by atoms with Crippen molar-refractivity contribution < 1.29 is 19.2 Å². The minimum Gasteiger partial charge on any atom is -0.474 e. The Morgan fingerprint density at radius 1 is 1.04 bits per heavy atom. The van der Waals surface area contributed by atoms with E-state index in [1.54, 1.807) is 30.3 Å². The van der Waals surface area contributed by atoms with Crippen LogP contribution >= 0.6 is 0 Å². The molecule has 2 N–H and O–H groups in total. The van der Waals surface area contributed by atoms with Crippen LogP contribution in [0.5, 0.6) is 5.75 Å². The van der Waals surface area contributed by atoms with Gasteiger partial charge in [-0.2, -0.15) is 0 Å². The fourth-order valence-electron chi connectivity index (χ4n) is 2.25. The summed E-state index contributed by atoms with van der Waals surface area (Å²) in [6.45, 7) is 5.23. The number of nitrogens with one attached hydrogen (secondary N) is 2. The maximum Gasteiger partial charge on any atom is 0.310 e. The van der Waals surface area contributed by atoms with Crippen LogP contribution in [-0.2, 0) is 4.79 Å². The number of amides is 2. The number of nitro benzene ring substituents is 1. The third-order valence-corrected chi connectivity index (χ3v) is 3.57. The van der Waals surface area contributed by atoms with Crippen molar-refractivity contribution in [2.45, 2.75) is 32.9 Å². The first kappa shape index (κ1) is 19.9. The Labute approximate surface area is 156 Å². The molecule has 1 unspecified atom stereocenters. The highest BCUT2D eigenvalue weighted by molar-refractivity contribution is 5.97. The van der Waals surface area contributed by atoms with Gasteiger partial charge in [0, 0.05) is 23.4 Å². The first-order valence-corrected chi connectivity index (χ1v) is 8.39. The summed E-state index contributed by atoms with van der Waals surface area (Å²) in [4.78, 5) is 34.6. The Balaban J connectivity index is 2.00. The van der Waals surface area contributed by atoms with Crippen molar-refractivity contribution in [1.29, 1.82) is 0 Å². The van der Waals surface area contributed by atoms with E-state index in [0.29, 0.717) is 11.3 Å². The molecule has 8 heteroatoms. The van der Waals surface area contributed by atoms with Gasteiger partial charge in [0.15, 0.2) is 11.9 Å². The van der Waals surface area contributed by atoms with E-state index in [-0.39, 0.29) is 23.4 Å². The first-order chi connectivity index (χ1) is 12.8. The second-order valence-electron chi connectivity index (χ2n) is 6.18. The molecule has 0 heterocycles. The van der Waals surface area contributed by atoms with Crippen LogP contribution in [0.1, 0.15) is 31.1 Å². The number of benzene rings is 2. The topological polar surface area (TPSA) is 111 Å². The van der Waals surface area contributed by atoms with Gasteiger partial charge >= 0.3 is 5.69 Å². The third kappa shape index (κ3) is 5.53. The minimum absolute atomic E-state index is 0.0193. The molecule has 2 aromatic rings. The number of para-hydroxylation sites is 2. The van der Waals surface area contributed by atoms with Gasteiger partial charge in [0.2, 0.25) is 0 Å². The quantitative estimate of drug-likeness (QED) is 0.574. The molecule has 0 aromatic heterocycles. The van der Waals surface area contributed by atoms with Crippen LogP contribution in [-0.4, -0.2) is 28.9 Å². The van der Waals surface area contributed by atoms with Crippen molar-refractivity contribution in [2.24, 2.45) is 0 Å². The molecule has 0 radical (unpaired) electrons. The fourth-order valence-corrected chi connectivity index (χ4v) is 2.25. The summed E-state index contributed by atoms with van der Waals surface area (Å²) in [7, 11) is 0. The zero-order valence-corrected chi connectivity index (χ0v) is 15.3. The molecule has 0 bridgehead atoms. The Bertz CT molecular complexity index is 833. The molecule has 8 nitrogen and oxygen atoms in total. The van der Waals surface area contributed by atoms with E-state index in [9.17, 15) is 19.7 Å². The summed E-state index contributed by atoms with van der Waals surface area (Å²) >= 11 is 0. The van der Waals surface area contributed by atoms with Gasteiger partial charge in [0.1, 0.15) is 0 Å². The van der Waals surface area contributed by atoms with Crippen LogP contribution in [0.4, 0.5) is 11.4 Å². The number of ether oxygens (including phenoxy) is 1. The van der Waals surface area contributed by atoms with Gasteiger partial charge in [-0.3, -0.25) is 19.7 Å².